The number of hydrogen-bond acceptors (Lipinski definition) is 10. The van der Waals surface area contributed by atoms with Gasteiger partial charge in [0.05, 0.1) is 4.88 Å². The van der Waals surface area contributed by atoms with Crippen molar-refractivity contribution in [3.63, 3.8) is 0 Å². The summed E-state index contributed by atoms with van der Waals surface area (Å²) in [6.07, 6.45) is 1.84. The topological polar surface area (TPSA) is 124 Å². The third-order valence-electron chi connectivity index (χ3n) is 6.02. The van der Waals surface area contributed by atoms with Crippen LogP contribution in [0.4, 0.5) is 33.1 Å². The SMILES string of the molecule is Cc1nc(Nc2ncc(-c3ccc(NC(=O)Nc4cc(C)on4)c(C)c3)s2)cc(N2CCN(C)CC2)n1. The molecule has 12 heteroatoms. The van der Waals surface area contributed by atoms with E-state index in [2.05, 4.69) is 52.9 Å². The molecule has 0 aliphatic carbocycles. The van der Waals surface area contributed by atoms with E-state index >= 15 is 0 Å². The number of nitrogens with zero attached hydrogens (tertiary/aromatic N) is 6. The number of carbonyl (C=O) groups is 1. The predicted octanol–water partition coefficient (Wildman–Crippen LogP) is 4.65. The van der Waals surface area contributed by atoms with Crippen molar-refractivity contribution >= 4 is 45.6 Å². The fourth-order valence-electron chi connectivity index (χ4n) is 4.04. The van der Waals surface area contributed by atoms with Crippen LogP contribution in [0.25, 0.3) is 10.4 Å². The van der Waals surface area contributed by atoms with E-state index in [1.165, 1.54) is 11.3 Å². The van der Waals surface area contributed by atoms with E-state index in [4.69, 9.17) is 4.52 Å². The summed E-state index contributed by atoms with van der Waals surface area (Å²) in [4.78, 5) is 31.7. The summed E-state index contributed by atoms with van der Waals surface area (Å²) in [5, 5.41) is 13.4. The summed E-state index contributed by atoms with van der Waals surface area (Å²) in [6.45, 7) is 9.54. The Morgan fingerprint density at radius 1 is 1.00 bits per heavy atom. The molecule has 0 spiro atoms. The van der Waals surface area contributed by atoms with E-state index < -0.39 is 0 Å². The van der Waals surface area contributed by atoms with Crippen LogP contribution in [0.3, 0.4) is 0 Å². The highest BCUT2D eigenvalue weighted by atomic mass is 32.1. The van der Waals surface area contributed by atoms with Crippen molar-refractivity contribution in [3.8, 4) is 10.4 Å². The van der Waals surface area contributed by atoms with Crippen molar-refractivity contribution in [2.75, 3.05) is 54.1 Å². The molecule has 11 nitrogen and oxygen atoms in total. The largest absolute Gasteiger partial charge is 0.360 e. The first-order valence-corrected chi connectivity index (χ1v) is 12.8. The third kappa shape index (κ3) is 6.04. The van der Waals surface area contributed by atoms with E-state index in [1.807, 2.05) is 44.3 Å². The number of thiazole rings is 1. The quantitative estimate of drug-likeness (QED) is 0.334. The highest BCUT2D eigenvalue weighted by molar-refractivity contribution is 7.18. The molecule has 4 aromatic rings. The fourth-order valence-corrected chi connectivity index (χ4v) is 4.86. The Bertz CT molecular complexity index is 1410. The minimum absolute atomic E-state index is 0.364. The normalized spacial score (nSPS) is 14.0. The van der Waals surface area contributed by atoms with Gasteiger partial charge in [0.15, 0.2) is 10.9 Å². The van der Waals surface area contributed by atoms with Gasteiger partial charge in [-0.25, -0.2) is 19.7 Å². The summed E-state index contributed by atoms with van der Waals surface area (Å²) in [7, 11) is 2.14. The standard InChI is InChI=1S/C25H29N9O2S/c1-15-11-18(5-6-19(15)29-24(35)30-22-12-16(2)36-32-22)20-14-26-25(37-20)31-21-13-23(28-17(3)27-21)34-9-7-33(4)8-10-34/h5-6,11-14H,7-10H2,1-4H3,(H,26,27,28,31)(H2,29,30,32,35). The van der Waals surface area contributed by atoms with E-state index in [9.17, 15) is 4.79 Å². The van der Waals surface area contributed by atoms with Gasteiger partial charge in [-0.15, -0.1) is 0 Å². The summed E-state index contributed by atoms with van der Waals surface area (Å²) in [6, 6.07) is 9.11. The zero-order chi connectivity index (χ0) is 25.9. The monoisotopic (exact) mass is 519 g/mol. The maximum Gasteiger partial charge on any atom is 0.324 e. The second-order valence-corrected chi connectivity index (χ2v) is 10.1. The lowest BCUT2D eigenvalue weighted by Crippen LogP contribution is -2.44. The molecule has 1 saturated heterocycles. The Labute approximate surface area is 218 Å². The second kappa shape index (κ2) is 10.5. The van der Waals surface area contributed by atoms with Crippen LogP contribution in [0.1, 0.15) is 17.1 Å². The first-order chi connectivity index (χ1) is 17.8. The zero-order valence-electron chi connectivity index (χ0n) is 21.2. The summed E-state index contributed by atoms with van der Waals surface area (Å²) >= 11 is 1.54. The first-order valence-electron chi connectivity index (χ1n) is 12.0. The number of aromatic nitrogens is 4. The van der Waals surface area contributed by atoms with Gasteiger partial charge in [-0.1, -0.05) is 22.6 Å². The molecule has 5 rings (SSSR count). The van der Waals surface area contributed by atoms with Crippen LogP contribution in [0.2, 0.25) is 0 Å². The maximum atomic E-state index is 12.3. The van der Waals surface area contributed by atoms with Crippen molar-refractivity contribution in [2.24, 2.45) is 0 Å². The molecule has 4 heterocycles. The van der Waals surface area contributed by atoms with Crippen molar-refractivity contribution in [3.05, 3.63) is 53.7 Å². The molecule has 3 aromatic heterocycles. The number of aryl methyl sites for hydroxylation is 3. The first kappa shape index (κ1) is 24.7. The number of benzene rings is 1. The van der Waals surface area contributed by atoms with Gasteiger partial charge < -0.3 is 25.0 Å². The molecule has 37 heavy (non-hydrogen) atoms. The molecule has 0 bridgehead atoms. The number of amides is 2. The van der Waals surface area contributed by atoms with Gasteiger partial charge in [-0.2, -0.15) is 0 Å². The van der Waals surface area contributed by atoms with Gasteiger partial charge in [0, 0.05) is 50.2 Å². The molecule has 0 saturated carbocycles. The van der Waals surface area contributed by atoms with Crippen LogP contribution in [-0.4, -0.2) is 64.3 Å². The molecule has 1 fully saturated rings. The highest BCUT2D eigenvalue weighted by Gasteiger charge is 2.17. The minimum atomic E-state index is -0.385. The van der Waals surface area contributed by atoms with Gasteiger partial charge in [0.2, 0.25) is 0 Å². The molecule has 3 N–H and O–H groups in total. The van der Waals surface area contributed by atoms with Crippen LogP contribution in [0.5, 0.6) is 0 Å². The molecule has 1 aliphatic rings. The summed E-state index contributed by atoms with van der Waals surface area (Å²) in [5.41, 5.74) is 2.64. The second-order valence-electron chi connectivity index (χ2n) is 9.04. The number of urea groups is 1. The Morgan fingerprint density at radius 3 is 2.54 bits per heavy atom. The Balaban J connectivity index is 1.25. The molecular formula is C25H29N9O2S. The average molecular weight is 520 g/mol. The average Bonchev–Trinajstić information content (AvgIpc) is 3.49. The Kier molecular flexibility index (Phi) is 7.01. The molecule has 0 unspecified atom stereocenters. The third-order valence-corrected chi connectivity index (χ3v) is 6.98. The van der Waals surface area contributed by atoms with E-state index in [0.29, 0.717) is 17.3 Å². The molecule has 1 aliphatic heterocycles. The van der Waals surface area contributed by atoms with E-state index in [0.717, 1.165) is 64.8 Å². The summed E-state index contributed by atoms with van der Waals surface area (Å²) < 4.78 is 4.97. The van der Waals surface area contributed by atoms with Gasteiger partial charge in [0.25, 0.3) is 0 Å². The number of anilines is 5. The van der Waals surface area contributed by atoms with Gasteiger partial charge in [0.1, 0.15) is 23.2 Å². The van der Waals surface area contributed by atoms with Crippen LogP contribution in [0.15, 0.2) is 41.1 Å². The number of carbonyl (C=O) groups excluding carboxylic acids is 1. The molecule has 1 aromatic carbocycles. The lowest BCUT2D eigenvalue weighted by atomic mass is 10.1. The number of nitrogens with one attached hydrogen (secondary N) is 3. The summed E-state index contributed by atoms with van der Waals surface area (Å²) in [5.74, 6) is 3.37. The van der Waals surface area contributed by atoms with Crippen molar-refractivity contribution in [1.29, 1.82) is 0 Å². The lowest BCUT2D eigenvalue weighted by Gasteiger charge is -2.33. The fraction of sp³-hybridized carbons (Fsp3) is 0.320. The number of rotatable bonds is 6. The van der Waals surface area contributed by atoms with Crippen LogP contribution in [0, 0.1) is 20.8 Å². The van der Waals surface area contributed by atoms with Crippen LogP contribution in [-0.2, 0) is 0 Å². The highest BCUT2D eigenvalue weighted by Crippen LogP contribution is 2.33. The lowest BCUT2D eigenvalue weighted by molar-refractivity contribution is 0.262. The van der Waals surface area contributed by atoms with Gasteiger partial charge in [-0.3, -0.25) is 5.32 Å². The van der Waals surface area contributed by atoms with Crippen molar-refractivity contribution in [1.82, 2.24) is 25.0 Å². The predicted molar refractivity (Wildman–Crippen MR) is 146 cm³/mol. The Morgan fingerprint density at radius 2 is 1.81 bits per heavy atom. The van der Waals surface area contributed by atoms with Crippen LogP contribution < -0.4 is 20.9 Å². The number of hydrogen-bond donors (Lipinski definition) is 3. The number of likely N-dealkylation sites (N-methyl/N-ethyl adjacent to an activating group) is 1. The molecule has 192 valence electrons. The van der Waals surface area contributed by atoms with Crippen LogP contribution >= 0.6 is 11.3 Å². The van der Waals surface area contributed by atoms with Gasteiger partial charge >= 0.3 is 6.03 Å². The zero-order valence-corrected chi connectivity index (χ0v) is 22.0. The van der Waals surface area contributed by atoms with E-state index in [-0.39, 0.29) is 6.03 Å². The van der Waals surface area contributed by atoms with Gasteiger partial charge in [-0.05, 0) is 51.1 Å². The molecule has 0 radical (unpaired) electrons. The van der Waals surface area contributed by atoms with Crippen molar-refractivity contribution in [2.45, 2.75) is 20.8 Å². The molecule has 0 atom stereocenters. The Hall–Kier alpha value is -4.03. The molecular weight excluding hydrogens is 490 g/mol. The van der Waals surface area contributed by atoms with Crippen molar-refractivity contribution < 1.29 is 9.32 Å². The van der Waals surface area contributed by atoms with E-state index in [1.54, 1.807) is 13.0 Å². The smallest absolute Gasteiger partial charge is 0.324 e. The number of piperazine rings is 1. The molecule has 2 amide bonds. The maximum absolute atomic E-state index is 12.3. The minimum Gasteiger partial charge on any atom is -0.360 e.